The molecular weight excluding hydrogens is 437 g/mol. The van der Waals surface area contributed by atoms with Crippen LogP contribution in [0.1, 0.15) is 5.56 Å². The zero-order valence-electron chi connectivity index (χ0n) is 15.1. The van der Waals surface area contributed by atoms with Gasteiger partial charge in [-0.15, -0.1) is 11.8 Å². The lowest BCUT2D eigenvalue weighted by molar-refractivity contribution is 0.234. The van der Waals surface area contributed by atoms with Gasteiger partial charge in [0.1, 0.15) is 17.2 Å². The van der Waals surface area contributed by atoms with Crippen LogP contribution >= 0.6 is 11.8 Å². The van der Waals surface area contributed by atoms with Crippen molar-refractivity contribution in [2.75, 3.05) is 0 Å². The highest BCUT2D eigenvalue weighted by molar-refractivity contribution is 7.98. The number of nitrogens with zero attached hydrogens (tertiary/aromatic N) is 4. The van der Waals surface area contributed by atoms with Crippen LogP contribution in [0.3, 0.4) is 0 Å². The van der Waals surface area contributed by atoms with E-state index in [0.717, 1.165) is 5.56 Å². The summed E-state index contributed by atoms with van der Waals surface area (Å²) >= 11 is 1.37. The van der Waals surface area contributed by atoms with E-state index in [1.165, 1.54) is 54.5 Å². The van der Waals surface area contributed by atoms with Gasteiger partial charge >= 0.3 is 5.76 Å². The molecule has 4 aromatic rings. The van der Waals surface area contributed by atoms with Crippen molar-refractivity contribution in [3.05, 3.63) is 72.4 Å². The van der Waals surface area contributed by atoms with Crippen molar-refractivity contribution in [3.63, 3.8) is 0 Å². The molecule has 0 bridgehead atoms. The summed E-state index contributed by atoms with van der Waals surface area (Å²) in [5.41, 5.74) is 1.94. The fourth-order valence-corrected chi connectivity index (χ4v) is 4.38. The predicted molar refractivity (Wildman–Crippen MR) is 106 cm³/mol. The van der Waals surface area contributed by atoms with Gasteiger partial charge in [-0.1, -0.05) is 12.1 Å². The molecule has 11 heteroatoms. The first kappa shape index (κ1) is 20.4. The van der Waals surface area contributed by atoms with Crippen molar-refractivity contribution >= 4 is 32.6 Å². The second kappa shape index (κ2) is 8.07. The number of aromatic nitrogens is 4. The van der Waals surface area contributed by atoms with Crippen LogP contribution in [-0.2, 0) is 15.6 Å². The molecule has 154 valence electrons. The highest BCUT2D eigenvalue weighted by Crippen LogP contribution is 2.29. The Morgan fingerprint density at radius 2 is 1.70 bits per heavy atom. The van der Waals surface area contributed by atoms with Crippen molar-refractivity contribution in [3.8, 4) is 5.69 Å². The Kier molecular flexibility index (Phi) is 5.48. The molecule has 0 saturated carbocycles. The summed E-state index contributed by atoms with van der Waals surface area (Å²) in [6.45, 7) is 0. The second-order valence-electron chi connectivity index (χ2n) is 6.19. The van der Waals surface area contributed by atoms with Crippen LogP contribution in [0.2, 0.25) is 0 Å². The van der Waals surface area contributed by atoms with E-state index in [9.17, 15) is 21.6 Å². The minimum atomic E-state index is -4.61. The zero-order chi connectivity index (χ0) is 21.3. The monoisotopic (exact) mass is 450 g/mol. The van der Waals surface area contributed by atoms with Gasteiger partial charge in [0.25, 0.3) is 0 Å². The molecule has 30 heavy (non-hydrogen) atoms. The van der Waals surface area contributed by atoms with Crippen molar-refractivity contribution in [2.45, 2.75) is 21.4 Å². The van der Waals surface area contributed by atoms with E-state index in [0.29, 0.717) is 27.5 Å². The fraction of sp³-hybridized carbons (Fsp3) is 0.105. The van der Waals surface area contributed by atoms with Crippen LogP contribution in [0, 0.1) is 5.82 Å². The van der Waals surface area contributed by atoms with E-state index in [1.54, 1.807) is 23.0 Å². The first-order valence-corrected chi connectivity index (χ1v) is 11.1. The van der Waals surface area contributed by atoms with Gasteiger partial charge in [0.2, 0.25) is 9.84 Å². The first-order valence-electron chi connectivity index (χ1n) is 8.55. The van der Waals surface area contributed by atoms with Gasteiger partial charge in [-0.3, -0.25) is 0 Å². The Balaban J connectivity index is 1.56. The maximum atomic E-state index is 13.2. The molecule has 0 aliphatic heterocycles. The summed E-state index contributed by atoms with van der Waals surface area (Å²) in [5.74, 6) is -3.37. The van der Waals surface area contributed by atoms with Gasteiger partial charge in [-0.05, 0) is 42.0 Å². The van der Waals surface area contributed by atoms with Gasteiger partial charge in [0.05, 0.1) is 22.2 Å². The quantitative estimate of drug-likeness (QED) is 0.323. The first-order chi connectivity index (χ1) is 14.4. The molecule has 0 N–H and O–H groups in total. The van der Waals surface area contributed by atoms with Gasteiger partial charge in [0, 0.05) is 5.75 Å². The number of hydrogen-bond acceptors (Lipinski definition) is 6. The van der Waals surface area contributed by atoms with Gasteiger partial charge in [-0.2, -0.15) is 13.9 Å². The lowest BCUT2D eigenvalue weighted by Gasteiger charge is -2.06. The van der Waals surface area contributed by atoms with E-state index in [1.807, 2.05) is 0 Å². The molecular formula is C19H13F3N4O2S2. The van der Waals surface area contributed by atoms with Crippen LogP contribution in [0.25, 0.3) is 16.7 Å². The summed E-state index contributed by atoms with van der Waals surface area (Å²) in [6, 6.07) is 11.1. The Morgan fingerprint density at radius 1 is 1.00 bits per heavy atom. The van der Waals surface area contributed by atoms with Gasteiger partial charge < -0.3 is 0 Å². The SMILES string of the molecule is O=S(=O)(c1ccc(CSc2ncnc3c2cnn3-c2ccc(F)cc2)cc1)C(F)F. The third-order valence-corrected chi connectivity index (χ3v) is 6.74. The number of rotatable bonds is 6. The molecule has 0 amide bonds. The fourth-order valence-electron chi connectivity index (χ4n) is 2.74. The molecule has 2 heterocycles. The van der Waals surface area contributed by atoms with Crippen molar-refractivity contribution < 1.29 is 21.6 Å². The molecule has 0 aliphatic carbocycles. The Hall–Kier alpha value is -2.92. The highest BCUT2D eigenvalue weighted by atomic mass is 32.2. The zero-order valence-corrected chi connectivity index (χ0v) is 16.7. The molecule has 0 aliphatic rings. The van der Waals surface area contributed by atoms with Gasteiger partial charge in [0.15, 0.2) is 5.65 Å². The number of thioether (sulfide) groups is 1. The molecule has 0 radical (unpaired) electrons. The largest absolute Gasteiger partial charge is 0.341 e. The van der Waals surface area contributed by atoms with E-state index >= 15 is 0 Å². The maximum absolute atomic E-state index is 13.2. The molecule has 4 rings (SSSR count). The Labute approximate surface area is 173 Å². The predicted octanol–water partition coefficient (Wildman–Crippen LogP) is 4.24. The van der Waals surface area contributed by atoms with Crippen LogP contribution in [0.5, 0.6) is 0 Å². The average Bonchev–Trinajstić information content (AvgIpc) is 3.18. The normalized spacial score (nSPS) is 12.0. The minimum absolute atomic E-state index is 0.353. The summed E-state index contributed by atoms with van der Waals surface area (Å²) in [5, 5.41) is 5.66. The Morgan fingerprint density at radius 3 is 2.37 bits per heavy atom. The summed E-state index contributed by atoms with van der Waals surface area (Å²) in [4.78, 5) is 8.10. The highest BCUT2D eigenvalue weighted by Gasteiger charge is 2.26. The average molecular weight is 450 g/mol. The van der Waals surface area contributed by atoms with E-state index in [4.69, 9.17) is 0 Å². The number of alkyl halides is 2. The summed E-state index contributed by atoms with van der Waals surface area (Å²) in [6.07, 6.45) is 3.00. The summed E-state index contributed by atoms with van der Waals surface area (Å²) < 4.78 is 63.0. The van der Waals surface area contributed by atoms with Crippen LogP contribution < -0.4 is 0 Å². The smallest absolute Gasteiger partial charge is 0.229 e. The van der Waals surface area contributed by atoms with E-state index < -0.39 is 20.5 Å². The lowest BCUT2D eigenvalue weighted by atomic mass is 10.2. The van der Waals surface area contributed by atoms with E-state index in [2.05, 4.69) is 15.1 Å². The molecule has 0 saturated heterocycles. The van der Waals surface area contributed by atoms with Crippen molar-refractivity contribution in [1.29, 1.82) is 0 Å². The molecule has 0 fully saturated rings. The van der Waals surface area contributed by atoms with Crippen LogP contribution in [0.4, 0.5) is 13.2 Å². The lowest BCUT2D eigenvalue weighted by Crippen LogP contribution is -2.11. The number of benzene rings is 2. The van der Waals surface area contributed by atoms with E-state index in [-0.39, 0.29) is 5.82 Å². The van der Waals surface area contributed by atoms with Gasteiger partial charge in [-0.25, -0.2) is 27.5 Å². The molecule has 2 aromatic carbocycles. The van der Waals surface area contributed by atoms with Crippen molar-refractivity contribution in [2.24, 2.45) is 0 Å². The standard InChI is InChI=1S/C19H13F3N4O2S2/c20-13-3-5-14(6-4-13)26-17-16(9-25-26)18(24-11-23-17)29-10-12-1-7-15(8-2-12)30(27,28)19(21)22/h1-9,11,19H,10H2. The second-order valence-corrected chi connectivity index (χ2v) is 9.07. The number of halogens is 3. The van der Waals surface area contributed by atoms with Crippen LogP contribution in [-0.4, -0.2) is 33.9 Å². The third-order valence-electron chi connectivity index (χ3n) is 4.26. The maximum Gasteiger partial charge on any atom is 0.341 e. The number of fused-ring (bicyclic) bond motifs is 1. The van der Waals surface area contributed by atoms with Crippen LogP contribution in [0.15, 0.2) is 71.0 Å². The Bertz CT molecular complexity index is 1290. The topological polar surface area (TPSA) is 77.7 Å². The number of hydrogen-bond donors (Lipinski definition) is 0. The molecule has 0 atom stereocenters. The molecule has 2 aromatic heterocycles. The molecule has 6 nitrogen and oxygen atoms in total. The third kappa shape index (κ3) is 3.90. The summed E-state index contributed by atoms with van der Waals surface area (Å²) in [7, 11) is -4.61. The molecule has 0 spiro atoms. The number of sulfone groups is 1. The van der Waals surface area contributed by atoms with Crippen molar-refractivity contribution in [1.82, 2.24) is 19.7 Å². The molecule has 0 unspecified atom stereocenters. The minimum Gasteiger partial charge on any atom is -0.229 e.